The molecule has 138 valence electrons. The summed E-state index contributed by atoms with van der Waals surface area (Å²) in [6.45, 7) is 2.63. The van der Waals surface area contributed by atoms with Crippen LogP contribution in [0.3, 0.4) is 0 Å². The van der Waals surface area contributed by atoms with Gasteiger partial charge in [-0.3, -0.25) is 9.59 Å². The fraction of sp³-hybridized carbons (Fsp3) is 0.471. The molecule has 2 heterocycles. The van der Waals surface area contributed by atoms with Gasteiger partial charge in [0.25, 0.3) is 5.91 Å². The third kappa shape index (κ3) is 3.51. The van der Waals surface area contributed by atoms with Crippen molar-refractivity contribution in [1.82, 2.24) is 19.9 Å². The lowest BCUT2D eigenvalue weighted by Gasteiger charge is -2.33. The number of likely N-dealkylation sites (tertiary alicyclic amines) is 1. The van der Waals surface area contributed by atoms with Crippen LogP contribution in [-0.2, 0) is 20.9 Å². The number of aryl methyl sites for hydroxylation is 1. The fourth-order valence-electron chi connectivity index (χ4n) is 3.15. The number of nitrogens with zero attached hydrogens (tertiary/aromatic N) is 4. The Morgan fingerprint density at radius 2 is 2.12 bits per heavy atom. The first-order chi connectivity index (χ1) is 12.5. The van der Waals surface area contributed by atoms with Gasteiger partial charge in [-0.05, 0) is 44.4 Å². The lowest BCUT2D eigenvalue weighted by atomic mass is 10.0. The van der Waals surface area contributed by atoms with E-state index in [2.05, 4.69) is 10.3 Å². The van der Waals surface area contributed by atoms with Crippen molar-refractivity contribution in [2.45, 2.75) is 38.8 Å². The maximum atomic E-state index is 12.3. The monoisotopic (exact) mass is 359 g/mol. The molecule has 0 saturated carbocycles. The van der Waals surface area contributed by atoms with Crippen molar-refractivity contribution in [2.24, 2.45) is 5.73 Å². The van der Waals surface area contributed by atoms with Gasteiger partial charge in [-0.1, -0.05) is 5.21 Å². The predicted molar refractivity (Wildman–Crippen MR) is 92.0 cm³/mol. The molecule has 0 radical (unpaired) electrons. The summed E-state index contributed by atoms with van der Waals surface area (Å²) in [5.74, 6) is -1.58. The van der Waals surface area contributed by atoms with E-state index in [4.69, 9.17) is 10.5 Å². The number of aromatic nitrogens is 3. The number of amides is 2. The number of carbonyl (C=O) groups excluding carboxylic acids is 3. The number of piperidine rings is 1. The van der Waals surface area contributed by atoms with Gasteiger partial charge in [0.2, 0.25) is 5.91 Å². The zero-order chi connectivity index (χ0) is 18.7. The van der Waals surface area contributed by atoms with Gasteiger partial charge in [0.05, 0.1) is 11.1 Å². The lowest BCUT2D eigenvalue weighted by molar-refractivity contribution is -0.143. The molecular weight excluding hydrogens is 338 g/mol. The number of fused-ring (bicyclic) bond motifs is 1. The van der Waals surface area contributed by atoms with Gasteiger partial charge < -0.3 is 15.4 Å². The van der Waals surface area contributed by atoms with Crippen molar-refractivity contribution in [3.63, 3.8) is 0 Å². The SMILES string of the molecule is CCn1nnc2cc(C(=O)OCC(=O)N3CCCC[C@H]3C(N)=O)ccc21. The second kappa shape index (κ2) is 7.51. The van der Waals surface area contributed by atoms with Crippen molar-refractivity contribution in [1.29, 1.82) is 0 Å². The molecule has 1 aromatic heterocycles. The van der Waals surface area contributed by atoms with E-state index in [0.29, 0.717) is 30.6 Å². The van der Waals surface area contributed by atoms with Crippen LogP contribution in [0.15, 0.2) is 18.2 Å². The molecule has 26 heavy (non-hydrogen) atoms. The number of primary amides is 1. The second-order valence-electron chi connectivity index (χ2n) is 6.19. The summed E-state index contributed by atoms with van der Waals surface area (Å²) in [4.78, 5) is 37.4. The van der Waals surface area contributed by atoms with E-state index in [1.807, 2.05) is 6.92 Å². The Morgan fingerprint density at radius 3 is 2.85 bits per heavy atom. The zero-order valence-electron chi connectivity index (χ0n) is 14.6. The van der Waals surface area contributed by atoms with Crippen LogP contribution in [0.1, 0.15) is 36.5 Å². The molecule has 2 aromatic rings. The molecule has 2 N–H and O–H groups in total. The van der Waals surface area contributed by atoms with Gasteiger partial charge in [0, 0.05) is 13.1 Å². The van der Waals surface area contributed by atoms with Gasteiger partial charge in [0.1, 0.15) is 11.6 Å². The number of ether oxygens (including phenoxy) is 1. The zero-order valence-corrected chi connectivity index (χ0v) is 14.6. The summed E-state index contributed by atoms with van der Waals surface area (Å²) in [6.07, 6.45) is 2.18. The molecule has 0 unspecified atom stereocenters. The average Bonchev–Trinajstić information content (AvgIpc) is 3.08. The molecule has 2 amide bonds. The third-order valence-electron chi connectivity index (χ3n) is 4.53. The van der Waals surface area contributed by atoms with Gasteiger partial charge in [-0.15, -0.1) is 5.10 Å². The maximum Gasteiger partial charge on any atom is 0.338 e. The van der Waals surface area contributed by atoms with E-state index >= 15 is 0 Å². The standard InChI is InChI=1S/C17H21N5O4/c1-2-22-13-7-6-11(9-12(13)19-20-22)17(25)26-10-15(23)21-8-4-3-5-14(21)16(18)24/h6-7,9,14H,2-5,8,10H2,1H3,(H2,18,24)/t14-/m0/s1. The number of nitrogens with two attached hydrogens (primary N) is 1. The van der Waals surface area contributed by atoms with Crippen molar-refractivity contribution in [3.8, 4) is 0 Å². The molecule has 0 bridgehead atoms. The van der Waals surface area contributed by atoms with E-state index in [-0.39, 0.29) is 0 Å². The van der Waals surface area contributed by atoms with E-state index in [0.717, 1.165) is 18.4 Å². The molecule has 0 spiro atoms. The topological polar surface area (TPSA) is 120 Å². The van der Waals surface area contributed by atoms with E-state index in [1.165, 1.54) is 4.90 Å². The van der Waals surface area contributed by atoms with Gasteiger partial charge >= 0.3 is 5.97 Å². The van der Waals surface area contributed by atoms with Crippen LogP contribution in [0.4, 0.5) is 0 Å². The molecular formula is C17H21N5O4. The molecule has 1 fully saturated rings. The largest absolute Gasteiger partial charge is 0.452 e. The van der Waals surface area contributed by atoms with E-state index in [9.17, 15) is 14.4 Å². The fourth-order valence-corrected chi connectivity index (χ4v) is 3.15. The normalized spacial score (nSPS) is 17.3. The molecule has 3 rings (SSSR count). The molecule has 9 heteroatoms. The first-order valence-corrected chi connectivity index (χ1v) is 8.60. The summed E-state index contributed by atoms with van der Waals surface area (Å²) in [5, 5.41) is 7.99. The van der Waals surface area contributed by atoms with Gasteiger partial charge in [-0.25, -0.2) is 9.48 Å². The summed E-state index contributed by atoms with van der Waals surface area (Å²) < 4.78 is 6.83. The quantitative estimate of drug-likeness (QED) is 0.775. The Kier molecular flexibility index (Phi) is 5.15. The number of esters is 1. The molecule has 9 nitrogen and oxygen atoms in total. The molecule has 1 aliphatic heterocycles. The van der Waals surface area contributed by atoms with Crippen LogP contribution in [0.25, 0.3) is 11.0 Å². The highest BCUT2D eigenvalue weighted by Crippen LogP contribution is 2.18. The Bertz CT molecular complexity index is 847. The van der Waals surface area contributed by atoms with Crippen molar-refractivity contribution < 1.29 is 19.1 Å². The first kappa shape index (κ1) is 17.8. The minimum atomic E-state index is -0.629. The van der Waals surface area contributed by atoms with Crippen molar-refractivity contribution >= 4 is 28.8 Å². The van der Waals surface area contributed by atoms with Crippen LogP contribution in [0.2, 0.25) is 0 Å². The predicted octanol–water partition coefficient (Wildman–Crippen LogP) is 0.474. The number of rotatable bonds is 5. The Morgan fingerprint density at radius 1 is 1.31 bits per heavy atom. The summed E-state index contributed by atoms with van der Waals surface area (Å²) >= 11 is 0. The van der Waals surface area contributed by atoms with Crippen molar-refractivity contribution in [2.75, 3.05) is 13.2 Å². The summed E-state index contributed by atoms with van der Waals surface area (Å²) in [5.41, 5.74) is 7.04. The van der Waals surface area contributed by atoms with Crippen LogP contribution in [0.5, 0.6) is 0 Å². The van der Waals surface area contributed by atoms with E-state index < -0.39 is 30.4 Å². The summed E-state index contributed by atoms with van der Waals surface area (Å²) in [6, 6.07) is 4.30. The highest BCUT2D eigenvalue weighted by molar-refractivity contribution is 5.95. The van der Waals surface area contributed by atoms with E-state index in [1.54, 1.807) is 22.9 Å². The number of hydrogen-bond donors (Lipinski definition) is 1. The van der Waals surface area contributed by atoms with Crippen molar-refractivity contribution in [3.05, 3.63) is 23.8 Å². The lowest BCUT2D eigenvalue weighted by Crippen LogP contribution is -2.51. The molecule has 1 aromatic carbocycles. The molecule has 1 atom stereocenters. The third-order valence-corrected chi connectivity index (χ3v) is 4.53. The van der Waals surface area contributed by atoms with Crippen LogP contribution in [0, 0.1) is 0 Å². The highest BCUT2D eigenvalue weighted by atomic mass is 16.5. The molecule has 1 saturated heterocycles. The number of hydrogen-bond acceptors (Lipinski definition) is 6. The van der Waals surface area contributed by atoms with Crippen LogP contribution in [-0.4, -0.2) is 56.9 Å². The smallest absolute Gasteiger partial charge is 0.338 e. The van der Waals surface area contributed by atoms with Crippen LogP contribution < -0.4 is 5.73 Å². The second-order valence-corrected chi connectivity index (χ2v) is 6.19. The average molecular weight is 359 g/mol. The molecule has 1 aliphatic rings. The number of benzene rings is 1. The Balaban J connectivity index is 1.64. The minimum absolute atomic E-state index is 0.290. The maximum absolute atomic E-state index is 12.3. The first-order valence-electron chi connectivity index (χ1n) is 8.60. The van der Waals surface area contributed by atoms with Crippen LogP contribution >= 0.6 is 0 Å². The number of carbonyl (C=O) groups is 3. The minimum Gasteiger partial charge on any atom is -0.452 e. The van der Waals surface area contributed by atoms with Gasteiger partial charge in [-0.2, -0.15) is 0 Å². The Labute approximate surface area is 150 Å². The van der Waals surface area contributed by atoms with Gasteiger partial charge in [0.15, 0.2) is 6.61 Å². The highest BCUT2D eigenvalue weighted by Gasteiger charge is 2.31. The molecule has 0 aliphatic carbocycles. The summed E-state index contributed by atoms with van der Waals surface area (Å²) in [7, 11) is 0. The Hall–Kier alpha value is -2.97.